The minimum absolute atomic E-state index is 0.0343. The van der Waals surface area contributed by atoms with Crippen molar-refractivity contribution in [1.29, 1.82) is 0 Å². The highest BCUT2D eigenvalue weighted by Crippen LogP contribution is 2.43. The van der Waals surface area contributed by atoms with Crippen molar-refractivity contribution in [2.75, 3.05) is 26.4 Å². The topological polar surface area (TPSA) is 155 Å². The second kappa shape index (κ2) is 42.8. The van der Waals surface area contributed by atoms with Crippen molar-refractivity contribution < 1.29 is 42.7 Å². The lowest BCUT2D eigenvalue weighted by Crippen LogP contribution is -2.29. The zero-order valence-corrected chi connectivity index (χ0v) is 37.5. The van der Waals surface area contributed by atoms with Gasteiger partial charge in [0.25, 0.3) is 0 Å². The Balaban J connectivity index is 4.26. The van der Waals surface area contributed by atoms with Gasteiger partial charge in [-0.05, 0) is 70.6 Å². The third kappa shape index (κ3) is 41.8. The number of unbranched alkanes of at least 4 members (excludes halogenated alkanes) is 19. The largest absolute Gasteiger partial charge is 0.472 e. The number of allylic oxidation sites excluding steroid dienone is 8. The van der Waals surface area contributed by atoms with E-state index >= 15 is 0 Å². The minimum Gasteiger partial charge on any atom is -0.462 e. The number of aliphatic hydroxyl groups excluding tert-OH is 1. The molecule has 0 aromatic heterocycles. The number of carbonyl (C=O) groups is 2. The molecular formula is C47H84NO9P. The van der Waals surface area contributed by atoms with Gasteiger partial charge >= 0.3 is 19.8 Å². The van der Waals surface area contributed by atoms with Gasteiger partial charge in [0.1, 0.15) is 6.61 Å². The maximum Gasteiger partial charge on any atom is 0.472 e. The van der Waals surface area contributed by atoms with E-state index in [1.165, 1.54) is 103 Å². The number of carbonyl (C=O) groups excluding carboxylic acids is 2. The summed E-state index contributed by atoms with van der Waals surface area (Å²) in [4.78, 5) is 34.9. The van der Waals surface area contributed by atoms with Crippen LogP contribution in [0.3, 0.4) is 0 Å². The molecule has 1 unspecified atom stereocenters. The molecule has 0 saturated carbocycles. The van der Waals surface area contributed by atoms with Crippen molar-refractivity contribution in [3.05, 3.63) is 60.8 Å². The average Bonchev–Trinajstić information content (AvgIpc) is 3.21. The average molecular weight is 838 g/mol. The number of rotatable bonds is 42. The van der Waals surface area contributed by atoms with Crippen LogP contribution in [0.25, 0.3) is 0 Å². The molecule has 0 aliphatic carbocycles. The lowest BCUT2D eigenvalue weighted by Gasteiger charge is -2.19. The van der Waals surface area contributed by atoms with Gasteiger partial charge in [-0.2, -0.15) is 0 Å². The maximum absolute atomic E-state index is 12.6. The Morgan fingerprint density at radius 3 is 1.78 bits per heavy atom. The fourth-order valence-corrected chi connectivity index (χ4v) is 6.76. The summed E-state index contributed by atoms with van der Waals surface area (Å²) in [5.74, 6) is -0.939. The number of hydrogen-bond acceptors (Lipinski definition) is 9. The molecule has 0 heterocycles. The van der Waals surface area contributed by atoms with E-state index in [9.17, 15) is 24.2 Å². The maximum atomic E-state index is 12.6. The molecule has 0 aliphatic heterocycles. The molecule has 0 saturated heterocycles. The lowest BCUT2D eigenvalue weighted by molar-refractivity contribution is -0.161. The molecule has 0 aromatic rings. The zero-order chi connectivity index (χ0) is 42.6. The fourth-order valence-electron chi connectivity index (χ4n) is 6.00. The summed E-state index contributed by atoms with van der Waals surface area (Å²) in [5, 5.41) is 10.1. The van der Waals surface area contributed by atoms with Crippen molar-refractivity contribution in [3.63, 3.8) is 0 Å². The Labute approximate surface area is 353 Å². The minimum atomic E-state index is -4.41. The summed E-state index contributed by atoms with van der Waals surface area (Å²) >= 11 is 0. The molecule has 10 nitrogen and oxygen atoms in total. The first-order valence-electron chi connectivity index (χ1n) is 22.9. The molecule has 0 radical (unpaired) electrons. The number of phosphoric ester groups is 1. The van der Waals surface area contributed by atoms with E-state index in [1.807, 2.05) is 36.5 Å². The van der Waals surface area contributed by atoms with Gasteiger partial charge in [-0.1, -0.05) is 164 Å². The van der Waals surface area contributed by atoms with E-state index in [0.29, 0.717) is 25.7 Å². The van der Waals surface area contributed by atoms with E-state index in [2.05, 4.69) is 32.1 Å². The highest BCUT2D eigenvalue weighted by atomic mass is 31.2. The summed E-state index contributed by atoms with van der Waals surface area (Å²) < 4.78 is 32.7. The van der Waals surface area contributed by atoms with Crippen LogP contribution in [0.2, 0.25) is 0 Å². The number of hydrogen-bond donors (Lipinski definition) is 3. The fraction of sp³-hybridized carbons (Fsp3) is 0.745. The van der Waals surface area contributed by atoms with Gasteiger partial charge in [0.05, 0.1) is 19.3 Å². The van der Waals surface area contributed by atoms with Gasteiger partial charge in [-0.15, -0.1) is 0 Å². The summed E-state index contributed by atoms with van der Waals surface area (Å²) in [6, 6.07) is 0. The zero-order valence-electron chi connectivity index (χ0n) is 36.6. The van der Waals surface area contributed by atoms with Crippen molar-refractivity contribution in [2.24, 2.45) is 5.73 Å². The Hall–Kier alpha value is -2.33. The predicted octanol–water partition coefficient (Wildman–Crippen LogP) is 12.2. The molecule has 0 bridgehead atoms. The van der Waals surface area contributed by atoms with Crippen LogP contribution in [-0.2, 0) is 32.7 Å². The molecule has 336 valence electrons. The van der Waals surface area contributed by atoms with Crippen molar-refractivity contribution in [1.82, 2.24) is 0 Å². The van der Waals surface area contributed by atoms with Crippen LogP contribution in [0.5, 0.6) is 0 Å². The normalized spacial score (nSPS) is 14.4. The standard InChI is InChI=1S/C47H84NO9P/c1-3-5-7-9-11-12-13-14-15-16-17-18-19-20-21-22-26-31-35-39-47(51)57-45(43-56-58(52,53)55-41-40-48)42-54-46(50)38-34-30-27-23-25-29-33-37-44(49)36-32-28-24-10-8-6-4-2/h14-15,23-24,27-29,32-33,36,44-45,49H,3-13,16-22,25-26,30-31,34-35,37-43,48H2,1-2H3,(H,52,53)/b15-14-,27-23+,28-24-,33-29-,36-32-/t44-,45-/m1/s1. The molecule has 0 aromatic carbocycles. The second-order valence-electron chi connectivity index (χ2n) is 15.1. The molecule has 0 fully saturated rings. The lowest BCUT2D eigenvalue weighted by atomic mass is 10.1. The van der Waals surface area contributed by atoms with Crippen LogP contribution in [0, 0.1) is 0 Å². The summed E-state index contributed by atoms with van der Waals surface area (Å²) in [6.07, 6.45) is 47.1. The molecule has 3 atom stereocenters. The van der Waals surface area contributed by atoms with Crippen LogP contribution >= 0.6 is 7.82 Å². The van der Waals surface area contributed by atoms with Gasteiger partial charge in [0.15, 0.2) is 6.10 Å². The summed E-state index contributed by atoms with van der Waals surface area (Å²) in [7, 11) is -4.41. The molecule has 4 N–H and O–H groups in total. The third-order valence-electron chi connectivity index (χ3n) is 9.46. The molecule has 11 heteroatoms. The van der Waals surface area contributed by atoms with E-state index in [1.54, 1.807) is 6.08 Å². The second-order valence-corrected chi connectivity index (χ2v) is 16.6. The Kier molecular flexibility index (Phi) is 41.1. The van der Waals surface area contributed by atoms with Crippen LogP contribution in [-0.4, -0.2) is 60.5 Å². The Morgan fingerprint density at radius 2 is 1.12 bits per heavy atom. The third-order valence-corrected chi connectivity index (χ3v) is 10.4. The molecular weight excluding hydrogens is 753 g/mol. The van der Waals surface area contributed by atoms with Gasteiger partial charge in [0.2, 0.25) is 0 Å². The van der Waals surface area contributed by atoms with Crippen molar-refractivity contribution in [3.8, 4) is 0 Å². The molecule has 0 amide bonds. The molecule has 0 aliphatic rings. The number of esters is 2. The number of phosphoric acid groups is 1. The van der Waals surface area contributed by atoms with Gasteiger partial charge in [-0.25, -0.2) is 4.57 Å². The van der Waals surface area contributed by atoms with Gasteiger partial charge < -0.3 is 25.2 Å². The Morgan fingerprint density at radius 1 is 0.603 bits per heavy atom. The van der Waals surface area contributed by atoms with E-state index in [-0.39, 0.29) is 32.6 Å². The quantitative estimate of drug-likeness (QED) is 0.0178. The van der Waals surface area contributed by atoms with Crippen LogP contribution in [0.1, 0.15) is 187 Å². The summed E-state index contributed by atoms with van der Waals surface area (Å²) in [6.45, 7) is 3.54. The van der Waals surface area contributed by atoms with Gasteiger partial charge in [-0.3, -0.25) is 18.6 Å². The summed E-state index contributed by atoms with van der Waals surface area (Å²) in [5.41, 5.74) is 5.34. The first-order valence-corrected chi connectivity index (χ1v) is 24.4. The monoisotopic (exact) mass is 838 g/mol. The molecule has 0 rings (SSSR count). The molecule has 58 heavy (non-hydrogen) atoms. The van der Waals surface area contributed by atoms with Crippen LogP contribution in [0.15, 0.2) is 60.8 Å². The number of nitrogens with two attached hydrogens (primary N) is 1. The van der Waals surface area contributed by atoms with Crippen LogP contribution < -0.4 is 5.73 Å². The first-order chi connectivity index (χ1) is 28.2. The van der Waals surface area contributed by atoms with E-state index < -0.39 is 38.6 Å². The van der Waals surface area contributed by atoms with Gasteiger partial charge in [0, 0.05) is 19.4 Å². The molecule has 0 spiro atoms. The van der Waals surface area contributed by atoms with E-state index in [0.717, 1.165) is 32.1 Å². The first kappa shape index (κ1) is 55.7. The smallest absolute Gasteiger partial charge is 0.462 e. The highest BCUT2D eigenvalue weighted by Gasteiger charge is 2.26. The highest BCUT2D eigenvalue weighted by molar-refractivity contribution is 7.47. The number of aliphatic hydroxyl groups is 1. The van der Waals surface area contributed by atoms with E-state index in [4.69, 9.17) is 24.3 Å². The van der Waals surface area contributed by atoms with Crippen LogP contribution in [0.4, 0.5) is 0 Å². The van der Waals surface area contributed by atoms with Crippen molar-refractivity contribution >= 4 is 19.8 Å². The SMILES string of the molecule is CCCCC/C=C\C=C/[C@@H](O)C/C=C\C/C=C/CCCC(=O)OC[C@H](COP(=O)(O)OCCN)OC(=O)CCCCCCCCCCC/C=C\CCCCCCCC. The van der Waals surface area contributed by atoms with Crippen molar-refractivity contribution in [2.45, 2.75) is 199 Å². The Bertz CT molecular complexity index is 1150. The number of ether oxygens (including phenoxy) is 2. The predicted molar refractivity (Wildman–Crippen MR) is 239 cm³/mol.